The Labute approximate surface area is 158 Å². The number of rotatable bonds is 17. The molecular weight excluding hydrogens is 330 g/mol. The van der Waals surface area contributed by atoms with Crippen LogP contribution in [0.2, 0.25) is 0 Å². The summed E-state index contributed by atoms with van der Waals surface area (Å²) in [6.07, 6.45) is 22.1. The highest BCUT2D eigenvalue weighted by atomic mass is 32.2. The summed E-state index contributed by atoms with van der Waals surface area (Å²) in [5.41, 5.74) is 0. The number of unbranched alkanes of at least 4 members (excludes halogenated alkanes) is 11. The van der Waals surface area contributed by atoms with Crippen molar-refractivity contribution in [3.8, 4) is 0 Å². The Bertz CT molecular complexity index is 377. The fourth-order valence-electron chi connectivity index (χ4n) is 3.63. The van der Waals surface area contributed by atoms with Gasteiger partial charge in [0.2, 0.25) is 0 Å². The van der Waals surface area contributed by atoms with Gasteiger partial charge in [-0.1, -0.05) is 103 Å². The fourth-order valence-corrected chi connectivity index (χ4v) is 4.91. The molecule has 151 valence electrons. The molecule has 1 aliphatic carbocycles. The highest BCUT2D eigenvalue weighted by molar-refractivity contribution is 7.91. The Morgan fingerprint density at radius 2 is 1.12 bits per heavy atom. The SMILES string of the molecule is N.[CH2]CCS(=O)(=O)CCCCCCCCCCCCCCC1CCC1. The molecule has 0 heterocycles. The van der Waals surface area contributed by atoms with Gasteiger partial charge in [0.05, 0.1) is 11.5 Å². The maximum atomic E-state index is 11.5. The van der Waals surface area contributed by atoms with Crippen molar-refractivity contribution < 1.29 is 8.42 Å². The van der Waals surface area contributed by atoms with Crippen molar-refractivity contribution in [1.29, 1.82) is 0 Å². The van der Waals surface area contributed by atoms with Gasteiger partial charge in [-0.2, -0.15) is 0 Å². The lowest BCUT2D eigenvalue weighted by Gasteiger charge is -2.24. The van der Waals surface area contributed by atoms with E-state index in [0.29, 0.717) is 12.2 Å². The Morgan fingerprint density at radius 1 is 0.680 bits per heavy atom. The molecule has 1 aliphatic rings. The van der Waals surface area contributed by atoms with E-state index in [1.807, 2.05) is 0 Å². The second-order valence-corrected chi connectivity index (χ2v) is 10.1. The van der Waals surface area contributed by atoms with Gasteiger partial charge in [-0.15, -0.1) is 0 Å². The highest BCUT2D eigenvalue weighted by Gasteiger charge is 2.15. The molecule has 25 heavy (non-hydrogen) atoms. The molecule has 1 saturated carbocycles. The lowest BCUT2D eigenvalue weighted by atomic mass is 9.81. The van der Waals surface area contributed by atoms with Gasteiger partial charge in [0.15, 0.2) is 0 Å². The van der Waals surface area contributed by atoms with Crippen LogP contribution in [0.25, 0.3) is 0 Å². The first-order valence-corrected chi connectivity index (χ1v) is 12.5. The Morgan fingerprint density at radius 3 is 1.52 bits per heavy atom. The molecule has 0 aromatic rings. The molecule has 0 aromatic carbocycles. The number of hydrogen-bond acceptors (Lipinski definition) is 3. The van der Waals surface area contributed by atoms with Gasteiger partial charge in [0, 0.05) is 0 Å². The van der Waals surface area contributed by atoms with E-state index >= 15 is 0 Å². The van der Waals surface area contributed by atoms with Crippen LogP contribution in [0.1, 0.15) is 109 Å². The summed E-state index contributed by atoms with van der Waals surface area (Å²) in [6, 6.07) is 0. The first-order chi connectivity index (χ1) is 11.6. The van der Waals surface area contributed by atoms with E-state index in [4.69, 9.17) is 0 Å². The predicted octanol–water partition coefficient (Wildman–Crippen LogP) is 6.66. The van der Waals surface area contributed by atoms with Crippen molar-refractivity contribution in [1.82, 2.24) is 6.15 Å². The van der Waals surface area contributed by atoms with Crippen LogP contribution in [0.15, 0.2) is 0 Å². The van der Waals surface area contributed by atoms with Crippen LogP contribution in [0.4, 0.5) is 0 Å². The van der Waals surface area contributed by atoms with Gasteiger partial charge in [-0.3, -0.25) is 0 Å². The Hall–Kier alpha value is -0.0900. The third-order valence-corrected chi connectivity index (χ3v) is 7.32. The summed E-state index contributed by atoms with van der Waals surface area (Å²) in [6.45, 7) is 3.62. The van der Waals surface area contributed by atoms with E-state index < -0.39 is 9.84 Å². The topological polar surface area (TPSA) is 69.1 Å². The quantitative estimate of drug-likeness (QED) is 0.289. The van der Waals surface area contributed by atoms with Gasteiger partial charge in [0.1, 0.15) is 9.84 Å². The van der Waals surface area contributed by atoms with Crippen molar-refractivity contribution >= 4 is 9.84 Å². The van der Waals surface area contributed by atoms with Crippen LogP contribution in [0, 0.1) is 12.8 Å². The lowest BCUT2D eigenvalue weighted by Crippen LogP contribution is -2.10. The maximum absolute atomic E-state index is 11.5. The minimum Gasteiger partial charge on any atom is -0.344 e. The van der Waals surface area contributed by atoms with Crippen LogP contribution in [0.5, 0.6) is 0 Å². The molecule has 0 unspecified atom stereocenters. The summed E-state index contributed by atoms with van der Waals surface area (Å²) >= 11 is 0. The van der Waals surface area contributed by atoms with Gasteiger partial charge >= 0.3 is 0 Å². The second-order valence-electron chi connectivity index (χ2n) is 7.83. The van der Waals surface area contributed by atoms with E-state index in [-0.39, 0.29) is 11.9 Å². The molecule has 1 radical (unpaired) electrons. The molecule has 0 amide bonds. The van der Waals surface area contributed by atoms with Crippen molar-refractivity contribution in [3.05, 3.63) is 6.92 Å². The standard InChI is InChI=1S/C21H41O2S.H3N/c1-2-19-24(22,23)20-14-12-10-8-6-4-3-5-7-9-11-13-16-21-17-15-18-21;/h21H,1-20H2;1H3. The second kappa shape index (κ2) is 16.1. The van der Waals surface area contributed by atoms with E-state index in [1.54, 1.807) is 0 Å². The molecule has 0 spiro atoms. The molecular formula is C21H44NO2S. The highest BCUT2D eigenvalue weighted by Crippen LogP contribution is 2.31. The third kappa shape index (κ3) is 14.7. The van der Waals surface area contributed by atoms with Crippen LogP contribution >= 0.6 is 0 Å². The number of hydrogen-bond donors (Lipinski definition) is 1. The average molecular weight is 375 g/mol. The summed E-state index contributed by atoms with van der Waals surface area (Å²) in [5.74, 6) is 1.71. The van der Waals surface area contributed by atoms with Crippen molar-refractivity contribution in [3.63, 3.8) is 0 Å². The summed E-state index contributed by atoms with van der Waals surface area (Å²) < 4.78 is 23.1. The first kappa shape index (κ1) is 24.9. The summed E-state index contributed by atoms with van der Waals surface area (Å²) in [5, 5.41) is 0. The Balaban J connectivity index is 0.00000576. The minimum atomic E-state index is -2.81. The minimum absolute atomic E-state index is 0. The van der Waals surface area contributed by atoms with Gasteiger partial charge in [0.25, 0.3) is 0 Å². The lowest BCUT2D eigenvalue weighted by molar-refractivity contribution is 0.286. The molecule has 0 aliphatic heterocycles. The molecule has 0 saturated heterocycles. The zero-order valence-electron chi connectivity index (χ0n) is 16.7. The van der Waals surface area contributed by atoms with Crippen LogP contribution in [-0.2, 0) is 9.84 Å². The van der Waals surface area contributed by atoms with E-state index in [2.05, 4.69) is 6.92 Å². The zero-order valence-corrected chi connectivity index (χ0v) is 17.5. The third-order valence-electron chi connectivity index (χ3n) is 5.50. The van der Waals surface area contributed by atoms with Gasteiger partial charge < -0.3 is 6.15 Å². The summed E-state index contributed by atoms with van der Waals surface area (Å²) in [4.78, 5) is 0. The van der Waals surface area contributed by atoms with Gasteiger partial charge in [-0.25, -0.2) is 8.42 Å². The predicted molar refractivity (Wildman–Crippen MR) is 111 cm³/mol. The maximum Gasteiger partial charge on any atom is 0.150 e. The van der Waals surface area contributed by atoms with E-state index in [0.717, 1.165) is 18.8 Å². The molecule has 1 rings (SSSR count). The van der Waals surface area contributed by atoms with E-state index in [9.17, 15) is 8.42 Å². The monoisotopic (exact) mass is 374 g/mol. The summed E-state index contributed by atoms with van der Waals surface area (Å²) in [7, 11) is -2.81. The van der Waals surface area contributed by atoms with E-state index in [1.165, 1.54) is 89.9 Å². The first-order valence-electron chi connectivity index (χ1n) is 10.6. The molecule has 0 bridgehead atoms. The van der Waals surface area contributed by atoms with Crippen LogP contribution < -0.4 is 6.15 Å². The Kier molecular flexibility index (Phi) is 16.1. The average Bonchev–Trinajstić information content (AvgIpc) is 2.49. The zero-order chi connectivity index (χ0) is 17.5. The molecule has 3 N–H and O–H groups in total. The number of sulfone groups is 1. The van der Waals surface area contributed by atoms with Crippen molar-refractivity contribution in [2.45, 2.75) is 109 Å². The van der Waals surface area contributed by atoms with Crippen LogP contribution in [-0.4, -0.2) is 19.9 Å². The molecule has 4 heteroatoms. The molecule has 1 fully saturated rings. The van der Waals surface area contributed by atoms with Gasteiger partial charge in [-0.05, 0) is 18.8 Å². The van der Waals surface area contributed by atoms with Crippen molar-refractivity contribution in [2.24, 2.45) is 5.92 Å². The molecule has 0 aromatic heterocycles. The molecule has 0 atom stereocenters. The fraction of sp³-hybridized carbons (Fsp3) is 0.952. The molecule has 3 nitrogen and oxygen atoms in total. The largest absolute Gasteiger partial charge is 0.344 e. The smallest absolute Gasteiger partial charge is 0.150 e. The van der Waals surface area contributed by atoms with Crippen molar-refractivity contribution in [2.75, 3.05) is 11.5 Å². The normalized spacial score (nSPS) is 14.9. The van der Waals surface area contributed by atoms with Crippen LogP contribution in [0.3, 0.4) is 0 Å².